The van der Waals surface area contributed by atoms with Crippen LogP contribution in [0.3, 0.4) is 0 Å². The molecule has 5 heteroatoms. The van der Waals surface area contributed by atoms with Gasteiger partial charge in [-0.3, -0.25) is 9.59 Å². The average Bonchev–Trinajstić information content (AvgIpc) is 2.41. The highest BCUT2D eigenvalue weighted by atomic mass is 16.3. The summed E-state index contributed by atoms with van der Waals surface area (Å²) in [6.07, 6.45) is 1.56. The van der Waals surface area contributed by atoms with Crippen LogP contribution in [-0.4, -0.2) is 41.0 Å². The van der Waals surface area contributed by atoms with Crippen molar-refractivity contribution in [1.82, 2.24) is 10.2 Å². The first-order valence-electron chi connectivity index (χ1n) is 6.83. The number of amides is 2. The zero-order chi connectivity index (χ0) is 14.7. The van der Waals surface area contributed by atoms with Crippen LogP contribution in [0, 0.1) is 6.92 Å². The van der Waals surface area contributed by atoms with Gasteiger partial charge in [0.1, 0.15) is 5.75 Å². The summed E-state index contributed by atoms with van der Waals surface area (Å²) in [6.45, 7) is 4.57. The Hall–Kier alpha value is -2.04. The van der Waals surface area contributed by atoms with Crippen molar-refractivity contribution < 1.29 is 14.7 Å². The average molecular weight is 276 g/mol. The molecule has 0 unspecified atom stereocenters. The third-order valence-corrected chi connectivity index (χ3v) is 3.63. The fourth-order valence-corrected chi connectivity index (χ4v) is 2.49. The van der Waals surface area contributed by atoms with Gasteiger partial charge in [0.05, 0.1) is 0 Å². The number of nitrogens with zero attached hydrogens (tertiary/aromatic N) is 1. The first-order valence-corrected chi connectivity index (χ1v) is 6.83. The molecule has 1 aliphatic rings. The molecule has 1 aromatic carbocycles. The van der Waals surface area contributed by atoms with Crippen molar-refractivity contribution in [3.05, 3.63) is 29.3 Å². The van der Waals surface area contributed by atoms with Gasteiger partial charge < -0.3 is 15.3 Å². The summed E-state index contributed by atoms with van der Waals surface area (Å²) in [6, 6.07) is 5.06. The van der Waals surface area contributed by atoms with Gasteiger partial charge >= 0.3 is 0 Å². The highest BCUT2D eigenvalue weighted by Crippen LogP contribution is 2.19. The van der Waals surface area contributed by atoms with E-state index in [2.05, 4.69) is 5.32 Å². The molecular formula is C15H20N2O3. The van der Waals surface area contributed by atoms with Gasteiger partial charge in [-0.15, -0.1) is 0 Å². The zero-order valence-electron chi connectivity index (χ0n) is 11.8. The van der Waals surface area contributed by atoms with Crippen molar-refractivity contribution in [2.75, 3.05) is 13.1 Å². The molecular weight excluding hydrogens is 256 g/mol. The number of aryl methyl sites for hydroxylation is 1. The number of aromatic hydroxyl groups is 1. The molecule has 108 valence electrons. The number of phenols is 1. The molecule has 0 saturated carbocycles. The molecule has 0 aliphatic carbocycles. The van der Waals surface area contributed by atoms with Gasteiger partial charge in [0.25, 0.3) is 5.91 Å². The van der Waals surface area contributed by atoms with E-state index < -0.39 is 0 Å². The van der Waals surface area contributed by atoms with Crippen LogP contribution in [0.5, 0.6) is 5.75 Å². The molecule has 5 nitrogen and oxygen atoms in total. The van der Waals surface area contributed by atoms with Gasteiger partial charge in [0.2, 0.25) is 5.91 Å². The number of phenolic OH excluding ortho intramolecular Hbond substituents is 1. The maximum Gasteiger partial charge on any atom is 0.253 e. The monoisotopic (exact) mass is 276 g/mol. The summed E-state index contributed by atoms with van der Waals surface area (Å²) < 4.78 is 0. The third-order valence-electron chi connectivity index (χ3n) is 3.63. The molecule has 1 aliphatic heterocycles. The summed E-state index contributed by atoms with van der Waals surface area (Å²) in [7, 11) is 0. The minimum Gasteiger partial charge on any atom is -0.508 e. The van der Waals surface area contributed by atoms with Crippen LogP contribution in [-0.2, 0) is 4.79 Å². The van der Waals surface area contributed by atoms with E-state index in [1.807, 2.05) is 0 Å². The van der Waals surface area contributed by atoms with E-state index in [1.54, 1.807) is 30.0 Å². The predicted octanol–water partition coefficient (Wildman–Crippen LogP) is 1.44. The van der Waals surface area contributed by atoms with Gasteiger partial charge in [-0.2, -0.15) is 0 Å². The maximum absolute atomic E-state index is 12.3. The smallest absolute Gasteiger partial charge is 0.253 e. The summed E-state index contributed by atoms with van der Waals surface area (Å²) in [5.74, 6) is 0.157. The van der Waals surface area contributed by atoms with Crippen molar-refractivity contribution in [3.63, 3.8) is 0 Å². The van der Waals surface area contributed by atoms with E-state index >= 15 is 0 Å². The Balaban J connectivity index is 1.97. The lowest BCUT2D eigenvalue weighted by Crippen LogP contribution is -2.46. The summed E-state index contributed by atoms with van der Waals surface area (Å²) in [5.41, 5.74) is 1.29. The summed E-state index contributed by atoms with van der Waals surface area (Å²) >= 11 is 0. The SMILES string of the molecule is CC(=O)NC1CCN(C(=O)c2ccc(O)c(C)c2)CC1. The fourth-order valence-electron chi connectivity index (χ4n) is 2.49. The first kappa shape index (κ1) is 14.4. The van der Waals surface area contributed by atoms with Crippen LogP contribution >= 0.6 is 0 Å². The quantitative estimate of drug-likeness (QED) is 0.858. The second-order valence-electron chi connectivity index (χ2n) is 5.27. The van der Waals surface area contributed by atoms with E-state index in [0.717, 1.165) is 12.8 Å². The summed E-state index contributed by atoms with van der Waals surface area (Å²) in [5, 5.41) is 12.4. The molecule has 0 spiro atoms. The molecule has 1 fully saturated rings. The summed E-state index contributed by atoms with van der Waals surface area (Å²) in [4.78, 5) is 25.1. The molecule has 20 heavy (non-hydrogen) atoms. The third kappa shape index (κ3) is 3.29. The lowest BCUT2D eigenvalue weighted by atomic mass is 10.0. The highest BCUT2D eigenvalue weighted by molar-refractivity contribution is 5.94. The Morgan fingerprint density at radius 3 is 2.50 bits per heavy atom. The second kappa shape index (κ2) is 5.94. The van der Waals surface area contributed by atoms with Gasteiger partial charge in [-0.1, -0.05) is 0 Å². The van der Waals surface area contributed by atoms with Crippen LogP contribution in [0.2, 0.25) is 0 Å². The fraction of sp³-hybridized carbons (Fsp3) is 0.467. The highest BCUT2D eigenvalue weighted by Gasteiger charge is 2.24. The van der Waals surface area contributed by atoms with Gasteiger partial charge in [0.15, 0.2) is 0 Å². The predicted molar refractivity (Wildman–Crippen MR) is 75.6 cm³/mol. The van der Waals surface area contributed by atoms with Crippen LogP contribution in [0.25, 0.3) is 0 Å². The topological polar surface area (TPSA) is 69.6 Å². The number of rotatable bonds is 2. The van der Waals surface area contributed by atoms with E-state index in [0.29, 0.717) is 24.2 Å². The van der Waals surface area contributed by atoms with E-state index in [9.17, 15) is 14.7 Å². The Bertz CT molecular complexity index is 520. The van der Waals surface area contributed by atoms with E-state index in [-0.39, 0.29) is 23.6 Å². The molecule has 0 aromatic heterocycles. The molecule has 1 saturated heterocycles. The molecule has 1 aromatic rings. The van der Waals surface area contributed by atoms with Crippen molar-refractivity contribution in [2.24, 2.45) is 0 Å². The molecule has 2 rings (SSSR count). The number of carbonyl (C=O) groups is 2. The van der Waals surface area contributed by atoms with E-state index in [4.69, 9.17) is 0 Å². The lowest BCUT2D eigenvalue weighted by Gasteiger charge is -2.32. The standard InChI is InChI=1S/C15H20N2O3/c1-10-9-12(3-4-14(10)19)15(20)17-7-5-13(6-8-17)16-11(2)18/h3-4,9,13,19H,5-8H2,1-2H3,(H,16,18). The lowest BCUT2D eigenvalue weighted by molar-refractivity contribution is -0.119. The van der Waals surface area contributed by atoms with Crippen LogP contribution < -0.4 is 5.32 Å². The van der Waals surface area contributed by atoms with Gasteiger partial charge in [-0.25, -0.2) is 0 Å². The molecule has 0 atom stereocenters. The van der Waals surface area contributed by atoms with Crippen molar-refractivity contribution >= 4 is 11.8 Å². The molecule has 0 radical (unpaired) electrons. The van der Waals surface area contributed by atoms with Gasteiger partial charge in [0, 0.05) is 31.6 Å². The number of nitrogens with one attached hydrogen (secondary N) is 1. The van der Waals surface area contributed by atoms with E-state index in [1.165, 1.54) is 6.92 Å². The zero-order valence-corrected chi connectivity index (χ0v) is 11.8. The van der Waals surface area contributed by atoms with Crippen LogP contribution in [0.4, 0.5) is 0 Å². The molecule has 0 bridgehead atoms. The number of hydrogen-bond donors (Lipinski definition) is 2. The Morgan fingerprint density at radius 2 is 1.95 bits per heavy atom. The number of likely N-dealkylation sites (tertiary alicyclic amines) is 1. The van der Waals surface area contributed by atoms with Crippen molar-refractivity contribution in [1.29, 1.82) is 0 Å². The number of piperidine rings is 1. The number of benzene rings is 1. The van der Waals surface area contributed by atoms with Gasteiger partial charge in [-0.05, 0) is 43.5 Å². The molecule has 1 heterocycles. The minimum absolute atomic E-state index is 0.0191. The molecule has 2 amide bonds. The maximum atomic E-state index is 12.3. The minimum atomic E-state index is -0.0241. The Kier molecular flexibility index (Phi) is 4.27. The number of carbonyl (C=O) groups excluding carboxylic acids is 2. The van der Waals surface area contributed by atoms with Crippen molar-refractivity contribution in [2.45, 2.75) is 32.7 Å². The van der Waals surface area contributed by atoms with Crippen LogP contribution in [0.1, 0.15) is 35.7 Å². The normalized spacial score (nSPS) is 16.0. The molecule has 2 N–H and O–H groups in total. The Labute approximate surface area is 118 Å². The van der Waals surface area contributed by atoms with Crippen molar-refractivity contribution in [3.8, 4) is 5.75 Å². The van der Waals surface area contributed by atoms with Crippen LogP contribution in [0.15, 0.2) is 18.2 Å². The Morgan fingerprint density at radius 1 is 1.30 bits per heavy atom. The largest absolute Gasteiger partial charge is 0.508 e. The first-order chi connectivity index (χ1) is 9.47. The number of hydrogen-bond acceptors (Lipinski definition) is 3. The second-order valence-corrected chi connectivity index (χ2v) is 5.27.